The number of carbonyl (C=O) groups excluding carboxylic acids is 1. The first kappa shape index (κ1) is 20.6. The van der Waals surface area contributed by atoms with Gasteiger partial charge in [0.25, 0.3) is 5.91 Å². The maximum absolute atomic E-state index is 14.2. The number of pyridine rings is 1. The van der Waals surface area contributed by atoms with E-state index in [0.29, 0.717) is 18.1 Å². The van der Waals surface area contributed by atoms with Gasteiger partial charge in [0.1, 0.15) is 0 Å². The van der Waals surface area contributed by atoms with E-state index in [4.69, 9.17) is 11.6 Å². The van der Waals surface area contributed by atoms with Crippen LogP contribution < -0.4 is 16.6 Å². The van der Waals surface area contributed by atoms with E-state index in [9.17, 15) is 22.4 Å². The predicted molar refractivity (Wildman–Crippen MR) is 95.5 cm³/mol. The Balaban J connectivity index is 1.81. The van der Waals surface area contributed by atoms with Crippen LogP contribution in [0.3, 0.4) is 0 Å². The van der Waals surface area contributed by atoms with Gasteiger partial charge < -0.3 is 10.6 Å². The van der Waals surface area contributed by atoms with Crippen LogP contribution in [0.15, 0.2) is 35.9 Å². The Kier molecular flexibility index (Phi) is 5.46. The Labute approximate surface area is 163 Å². The van der Waals surface area contributed by atoms with Gasteiger partial charge in [-0.2, -0.15) is 18.3 Å². The molecule has 3 heterocycles. The zero-order valence-electron chi connectivity index (χ0n) is 15.4. The van der Waals surface area contributed by atoms with Gasteiger partial charge in [-0.15, -0.1) is 0 Å². The number of aromatic nitrogens is 3. The smallest absolute Gasteiger partial charge is 0.399 e. The van der Waals surface area contributed by atoms with E-state index in [-0.39, 0.29) is 25.2 Å². The summed E-state index contributed by atoms with van der Waals surface area (Å²) in [5, 5.41) is 5.57. The fourth-order valence-electron chi connectivity index (χ4n) is 3.00. The van der Waals surface area contributed by atoms with Gasteiger partial charge in [0.05, 0.1) is 17.8 Å². The normalized spacial score (nSPS) is 15.0. The van der Waals surface area contributed by atoms with Crippen molar-refractivity contribution in [2.75, 3.05) is 18.1 Å². The molecule has 0 fully saturated rings. The summed E-state index contributed by atoms with van der Waals surface area (Å²) in [7, 11) is 0. The van der Waals surface area contributed by atoms with Gasteiger partial charge in [-0.3, -0.25) is 14.5 Å². The summed E-state index contributed by atoms with van der Waals surface area (Å²) in [4.78, 5) is 16.7. The fourth-order valence-corrected chi connectivity index (χ4v) is 3.00. The molecule has 0 aromatic carbocycles. The van der Waals surface area contributed by atoms with Crippen molar-refractivity contribution in [3.8, 4) is 0 Å². The summed E-state index contributed by atoms with van der Waals surface area (Å²) in [5.74, 6) is 3.92. The number of hydrogen-bond acceptors (Lipinski definition) is 6. The number of anilines is 1. The molecule has 1 amide bonds. The van der Waals surface area contributed by atoms with Gasteiger partial charge in [-0.05, 0) is 13.0 Å². The van der Waals surface area contributed by atoms with Crippen LogP contribution >= 0.6 is 0 Å². The number of hydrazine groups is 1. The van der Waals surface area contributed by atoms with Gasteiger partial charge in [-0.1, -0.05) is 0 Å². The molecule has 2 aromatic rings. The molecule has 0 unspecified atom stereocenters. The number of rotatable bonds is 4. The SMILES string of the molecule is CCn1ccc(N(N)C2=C(N)CN(C(=O)c3ccnc(C(F)(F)F)c3F)CC2)n1. The van der Waals surface area contributed by atoms with Crippen molar-refractivity contribution in [1.82, 2.24) is 19.7 Å². The Bertz CT molecular complexity index is 953. The second-order valence-electron chi connectivity index (χ2n) is 6.37. The quantitative estimate of drug-likeness (QED) is 0.450. The van der Waals surface area contributed by atoms with Crippen molar-refractivity contribution in [3.05, 3.63) is 53.0 Å². The predicted octanol–water partition coefficient (Wildman–Crippen LogP) is 1.85. The number of amides is 1. The first-order valence-electron chi connectivity index (χ1n) is 8.70. The Morgan fingerprint density at radius 2 is 2.07 bits per heavy atom. The number of alkyl halides is 3. The van der Waals surface area contributed by atoms with Gasteiger partial charge in [0, 0.05) is 43.7 Å². The van der Waals surface area contributed by atoms with E-state index >= 15 is 0 Å². The molecule has 8 nitrogen and oxygen atoms in total. The first-order valence-corrected chi connectivity index (χ1v) is 8.70. The number of halogens is 4. The van der Waals surface area contributed by atoms with Crippen LogP contribution in [0.5, 0.6) is 0 Å². The highest BCUT2D eigenvalue weighted by molar-refractivity contribution is 5.95. The molecule has 2 aromatic heterocycles. The van der Waals surface area contributed by atoms with Crippen molar-refractivity contribution in [1.29, 1.82) is 0 Å². The highest BCUT2D eigenvalue weighted by Crippen LogP contribution is 2.31. The van der Waals surface area contributed by atoms with Crippen LogP contribution in [0.25, 0.3) is 0 Å². The molecule has 0 radical (unpaired) electrons. The number of hydrogen-bond donors (Lipinski definition) is 2. The average molecular weight is 413 g/mol. The van der Waals surface area contributed by atoms with Crippen molar-refractivity contribution in [3.63, 3.8) is 0 Å². The molecule has 0 saturated carbocycles. The number of nitrogens with two attached hydrogens (primary N) is 2. The molecular formula is C17H19F4N7O. The standard InChI is InChI=1S/C17H19F4N7O/c1-2-27-8-5-13(25-27)28(23)12-4-7-26(9-11(12)22)16(29)10-3-6-24-15(14(10)18)17(19,20)21/h3,5-6,8H,2,4,7,9,22-23H2,1H3. The van der Waals surface area contributed by atoms with Crippen LogP contribution in [0.1, 0.15) is 29.4 Å². The topological polar surface area (TPSA) is 106 Å². The number of carbonyl (C=O) groups is 1. The molecule has 3 rings (SSSR count). The van der Waals surface area contributed by atoms with Crippen molar-refractivity contribution in [2.45, 2.75) is 26.1 Å². The van der Waals surface area contributed by atoms with Gasteiger partial charge in [-0.25, -0.2) is 15.2 Å². The fraction of sp³-hybridized carbons (Fsp3) is 0.353. The van der Waals surface area contributed by atoms with E-state index in [1.54, 1.807) is 16.9 Å². The lowest BCUT2D eigenvalue weighted by Crippen LogP contribution is -2.44. The zero-order chi connectivity index (χ0) is 21.3. The third kappa shape index (κ3) is 4.01. The van der Waals surface area contributed by atoms with E-state index in [1.165, 1.54) is 5.01 Å². The second-order valence-corrected chi connectivity index (χ2v) is 6.37. The Hall–Kier alpha value is -3.15. The summed E-state index contributed by atoms with van der Waals surface area (Å²) in [5.41, 5.74) is 4.37. The first-order chi connectivity index (χ1) is 13.6. The van der Waals surface area contributed by atoms with E-state index in [0.717, 1.165) is 17.2 Å². The maximum Gasteiger partial charge on any atom is 0.436 e. The lowest BCUT2D eigenvalue weighted by atomic mass is 10.1. The van der Waals surface area contributed by atoms with Crippen LogP contribution in [0.4, 0.5) is 23.4 Å². The summed E-state index contributed by atoms with van der Waals surface area (Å²) in [6.07, 6.45) is -2.28. The van der Waals surface area contributed by atoms with E-state index < -0.39 is 29.2 Å². The van der Waals surface area contributed by atoms with Crippen LogP contribution in [-0.2, 0) is 12.7 Å². The maximum atomic E-state index is 14.2. The lowest BCUT2D eigenvalue weighted by Gasteiger charge is -2.32. The lowest BCUT2D eigenvalue weighted by molar-refractivity contribution is -0.143. The highest BCUT2D eigenvalue weighted by atomic mass is 19.4. The van der Waals surface area contributed by atoms with Crippen molar-refractivity contribution in [2.24, 2.45) is 11.6 Å². The average Bonchev–Trinajstić information content (AvgIpc) is 3.15. The zero-order valence-corrected chi connectivity index (χ0v) is 15.4. The number of nitrogens with zero attached hydrogens (tertiary/aromatic N) is 5. The molecule has 4 N–H and O–H groups in total. The summed E-state index contributed by atoms with van der Waals surface area (Å²) in [6.45, 7) is 2.56. The van der Waals surface area contributed by atoms with Crippen LogP contribution in [0, 0.1) is 5.82 Å². The molecule has 0 aliphatic carbocycles. The molecule has 156 valence electrons. The Morgan fingerprint density at radius 1 is 1.34 bits per heavy atom. The summed E-state index contributed by atoms with van der Waals surface area (Å²) >= 11 is 0. The minimum Gasteiger partial charge on any atom is -0.399 e. The van der Waals surface area contributed by atoms with E-state index in [2.05, 4.69) is 10.1 Å². The largest absolute Gasteiger partial charge is 0.436 e. The third-order valence-electron chi connectivity index (χ3n) is 4.51. The molecule has 1 aliphatic heterocycles. The molecule has 29 heavy (non-hydrogen) atoms. The number of aryl methyl sites for hydroxylation is 1. The summed E-state index contributed by atoms with van der Waals surface area (Å²) in [6, 6.07) is 2.61. The van der Waals surface area contributed by atoms with Crippen LogP contribution in [-0.4, -0.2) is 38.7 Å². The second kappa shape index (κ2) is 7.70. The van der Waals surface area contributed by atoms with Crippen LogP contribution in [0.2, 0.25) is 0 Å². The molecule has 12 heteroatoms. The van der Waals surface area contributed by atoms with Gasteiger partial charge in [0.2, 0.25) is 0 Å². The van der Waals surface area contributed by atoms with Gasteiger partial charge >= 0.3 is 6.18 Å². The van der Waals surface area contributed by atoms with Crippen molar-refractivity contribution >= 4 is 11.7 Å². The minimum absolute atomic E-state index is 0.0974. The Morgan fingerprint density at radius 3 is 2.66 bits per heavy atom. The molecule has 0 bridgehead atoms. The van der Waals surface area contributed by atoms with Gasteiger partial charge in [0.15, 0.2) is 17.3 Å². The van der Waals surface area contributed by atoms with E-state index in [1.807, 2.05) is 6.92 Å². The molecular weight excluding hydrogens is 394 g/mol. The molecule has 0 atom stereocenters. The third-order valence-corrected chi connectivity index (χ3v) is 4.51. The molecule has 0 saturated heterocycles. The summed E-state index contributed by atoms with van der Waals surface area (Å²) < 4.78 is 54.4. The van der Waals surface area contributed by atoms with Crippen molar-refractivity contribution < 1.29 is 22.4 Å². The highest BCUT2D eigenvalue weighted by Gasteiger charge is 2.38. The monoisotopic (exact) mass is 413 g/mol. The minimum atomic E-state index is -5.00. The molecule has 0 spiro atoms. The molecule has 1 aliphatic rings.